The minimum atomic E-state index is 0.155. The number of unbranched alkanes of at least 4 members (excludes halogenated alkanes) is 1. The first-order chi connectivity index (χ1) is 16.5. The fourth-order valence-corrected chi connectivity index (χ4v) is 4.75. The molecule has 1 aromatic heterocycles. The van der Waals surface area contributed by atoms with E-state index in [1.165, 1.54) is 11.3 Å². The second-order valence-corrected chi connectivity index (χ2v) is 9.60. The van der Waals surface area contributed by atoms with Crippen LogP contribution in [0, 0.1) is 11.7 Å². The van der Waals surface area contributed by atoms with Crippen LogP contribution in [0.25, 0.3) is 11.4 Å². The lowest BCUT2D eigenvalue weighted by atomic mass is 10.2. The van der Waals surface area contributed by atoms with Crippen molar-refractivity contribution in [2.24, 2.45) is 0 Å². The number of benzene rings is 2. The molecule has 0 bridgehead atoms. The van der Waals surface area contributed by atoms with Crippen molar-refractivity contribution in [2.75, 3.05) is 31.1 Å². The molecule has 0 radical (unpaired) electrons. The van der Waals surface area contributed by atoms with Crippen LogP contribution in [0.15, 0.2) is 48.5 Å². The van der Waals surface area contributed by atoms with Gasteiger partial charge in [0.2, 0.25) is 5.91 Å². The molecule has 1 amide bonds. The van der Waals surface area contributed by atoms with Crippen LogP contribution in [0.5, 0.6) is 0 Å². The lowest BCUT2D eigenvalue weighted by molar-refractivity contribution is -0.131. The number of halogens is 1. The Morgan fingerprint density at radius 2 is 1.79 bits per heavy atom. The third-order valence-electron chi connectivity index (χ3n) is 6.30. The zero-order valence-electron chi connectivity index (χ0n) is 19.9. The van der Waals surface area contributed by atoms with Crippen molar-refractivity contribution in [3.8, 4) is 11.4 Å². The molecule has 180 valence electrons. The SMILES string of the molecule is CCCCn1c(-c2ccc(Cl)cc2)nn(CCC(=O)N2CCN(c3cccc(C)c3)CC2)c1=S. The smallest absolute Gasteiger partial charge is 0.224 e. The molecule has 3 aromatic rings. The van der Waals surface area contributed by atoms with Crippen molar-refractivity contribution < 1.29 is 4.79 Å². The number of carbonyl (C=O) groups is 1. The van der Waals surface area contributed by atoms with Gasteiger partial charge in [-0.3, -0.25) is 9.36 Å². The minimum absolute atomic E-state index is 0.155. The Kier molecular flexibility index (Phi) is 8.06. The monoisotopic (exact) mass is 497 g/mol. The first kappa shape index (κ1) is 24.5. The van der Waals surface area contributed by atoms with Crippen LogP contribution in [-0.4, -0.2) is 51.3 Å². The van der Waals surface area contributed by atoms with Crippen molar-refractivity contribution in [1.82, 2.24) is 19.2 Å². The molecule has 2 heterocycles. The molecule has 0 saturated carbocycles. The summed E-state index contributed by atoms with van der Waals surface area (Å²) in [5.74, 6) is 0.983. The van der Waals surface area contributed by atoms with Gasteiger partial charge in [-0.25, -0.2) is 4.68 Å². The maximum absolute atomic E-state index is 13.0. The zero-order chi connectivity index (χ0) is 24.1. The number of carbonyl (C=O) groups excluding carboxylic acids is 1. The second-order valence-electron chi connectivity index (χ2n) is 8.80. The topological polar surface area (TPSA) is 46.3 Å². The lowest BCUT2D eigenvalue weighted by Gasteiger charge is -2.36. The van der Waals surface area contributed by atoms with Gasteiger partial charge in [0.15, 0.2) is 10.6 Å². The number of nitrogens with zero attached hydrogens (tertiary/aromatic N) is 5. The van der Waals surface area contributed by atoms with Gasteiger partial charge < -0.3 is 9.80 Å². The van der Waals surface area contributed by atoms with Gasteiger partial charge in [0, 0.05) is 55.4 Å². The molecular weight excluding hydrogens is 466 g/mol. The summed E-state index contributed by atoms with van der Waals surface area (Å²) in [6.45, 7) is 8.72. The summed E-state index contributed by atoms with van der Waals surface area (Å²) >= 11 is 11.8. The average molecular weight is 498 g/mol. The summed E-state index contributed by atoms with van der Waals surface area (Å²) in [5, 5.41) is 5.48. The van der Waals surface area contributed by atoms with E-state index in [9.17, 15) is 4.79 Å². The van der Waals surface area contributed by atoms with E-state index >= 15 is 0 Å². The molecule has 1 fully saturated rings. The first-order valence-electron chi connectivity index (χ1n) is 12.0. The minimum Gasteiger partial charge on any atom is -0.368 e. The molecule has 8 heteroatoms. The summed E-state index contributed by atoms with van der Waals surface area (Å²) in [5.41, 5.74) is 3.46. The van der Waals surface area contributed by atoms with Gasteiger partial charge in [-0.2, -0.15) is 5.10 Å². The molecular formula is C26H32ClN5OS. The van der Waals surface area contributed by atoms with Gasteiger partial charge in [0.1, 0.15) is 0 Å². The Hall–Kier alpha value is -2.64. The van der Waals surface area contributed by atoms with Gasteiger partial charge in [-0.1, -0.05) is 37.1 Å². The summed E-state index contributed by atoms with van der Waals surface area (Å²) < 4.78 is 4.54. The molecule has 0 spiro atoms. The highest BCUT2D eigenvalue weighted by atomic mass is 35.5. The van der Waals surface area contributed by atoms with Crippen LogP contribution >= 0.6 is 23.8 Å². The first-order valence-corrected chi connectivity index (χ1v) is 12.8. The van der Waals surface area contributed by atoms with E-state index in [0.29, 0.717) is 22.8 Å². The van der Waals surface area contributed by atoms with Crippen LogP contribution in [0.3, 0.4) is 0 Å². The van der Waals surface area contributed by atoms with Gasteiger partial charge in [0.25, 0.3) is 0 Å². The number of anilines is 1. The molecule has 34 heavy (non-hydrogen) atoms. The van der Waals surface area contributed by atoms with Crippen LogP contribution in [-0.2, 0) is 17.9 Å². The standard InChI is InChI=1S/C26H32ClN5OS/c1-3-4-13-31-25(21-8-10-22(27)11-9-21)28-32(26(31)34)14-12-24(33)30-17-15-29(16-18-30)23-7-5-6-20(2)19-23/h5-11,19H,3-4,12-18H2,1-2H3. The van der Waals surface area contributed by atoms with E-state index in [4.69, 9.17) is 28.9 Å². The molecule has 1 aliphatic heterocycles. The van der Waals surface area contributed by atoms with Gasteiger partial charge in [0.05, 0.1) is 6.54 Å². The Labute approximate surface area is 211 Å². The predicted molar refractivity (Wildman–Crippen MR) is 141 cm³/mol. The largest absolute Gasteiger partial charge is 0.368 e. The van der Waals surface area contributed by atoms with Crippen molar-refractivity contribution in [2.45, 2.75) is 46.2 Å². The molecule has 0 unspecified atom stereocenters. The van der Waals surface area contributed by atoms with Crippen molar-refractivity contribution in [3.63, 3.8) is 0 Å². The van der Waals surface area contributed by atoms with Crippen LogP contribution < -0.4 is 4.90 Å². The highest BCUT2D eigenvalue weighted by molar-refractivity contribution is 7.71. The summed E-state index contributed by atoms with van der Waals surface area (Å²) in [4.78, 5) is 17.3. The Morgan fingerprint density at radius 3 is 2.47 bits per heavy atom. The fraction of sp³-hybridized carbons (Fsp3) is 0.423. The average Bonchev–Trinajstić information content (AvgIpc) is 3.16. The maximum atomic E-state index is 13.0. The zero-order valence-corrected chi connectivity index (χ0v) is 21.5. The third-order valence-corrected chi connectivity index (χ3v) is 6.98. The summed E-state index contributed by atoms with van der Waals surface area (Å²) in [6.07, 6.45) is 2.48. The molecule has 6 nitrogen and oxygen atoms in total. The number of rotatable bonds is 8. The molecule has 4 rings (SSSR count). The lowest BCUT2D eigenvalue weighted by Crippen LogP contribution is -2.49. The van der Waals surface area contributed by atoms with Crippen molar-refractivity contribution in [3.05, 3.63) is 63.9 Å². The highest BCUT2D eigenvalue weighted by Crippen LogP contribution is 2.22. The quantitative estimate of drug-likeness (QED) is 0.381. The van der Waals surface area contributed by atoms with E-state index < -0.39 is 0 Å². The highest BCUT2D eigenvalue weighted by Gasteiger charge is 2.22. The van der Waals surface area contributed by atoms with E-state index in [1.54, 1.807) is 4.68 Å². The normalized spacial score (nSPS) is 14.0. The van der Waals surface area contributed by atoms with E-state index in [0.717, 1.165) is 57.0 Å². The number of aryl methyl sites for hydroxylation is 2. The number of hydrogen-bond acceptors (Lipinski definition) is 4. The van der Waals surface area contributed by atoms with E-state index in [-0.39, 0.29) is 5.91 Å². The molecule has 0 aliphatic carbocycles. The Morgan fingerprint density at radius 1 is 1.06 bits per heavy atom. The fourth-order valence-electron chi connectivity index (χ4n) is 4.32. The van der Waals surface area contributed by atoms with Crippen LogP contribution in [0.2, 0.25) is 5.02 Å². The number of amides is 1. The van der Waals surface area contributed by atoms with Crippen LogP contribution in [0.4, 0.5) is 5.69 Å². The summed E-state index contributed by atoms with van der Waals surface area (Å²) in [7, 11) is 0. The Balaban J connectivity index is 1.40. The Bertz CT molecular complexity index is 1180. The van der Waals surface area contributed by atoms with E-state index in [1.807, 2.05) is 29.2 Å². The van der Waals surface area contributed by atoms with Gasteiger partial charge in [-0.05, 0) is 67.5 Å². The maximum Gasteiger partial charge on any atom is 0.224 e. The molecule has 2 aromatic carbocycles. The molecule has 0 N–H and O–H groups in total. The predicted octanol–water partition coefficient (Wildman–Crippen LogP) is 5.58. The number of piperazine rings is 1. The molecule has 0 atom stereocenters. The summed E-state index contributed by atoms with van der Waals surface area (Å²) in [6, 6.07) is 16.2. The van der Waals surface area contributed by atoms with Gasteiger partial charge >= 0.3 is 0 Å². The second kappa shape index (κ2) is 11.2. The molecule has 1 saturated heterocycles. The van der Waals surface area contributed by atoms with E-state index in [2.05, 4.69) is 47.6 Å². The number of aromatic nitrogens is 3. The van der Waals surface area contributed by atoms with Gasteiger partial charge in [-0.15, -0.1) is 0 Å². The third kappa shape index (κ3) is 5.70. The van der Waals surface area contributed by atoms with Crippen molar-refractivity contribution in [1.29, 1.82) is 0 Å². The number of hydrogen-bond donors (Lipinski definition) is 0. The molecule has 1 aliphatic rings. The van der Waals surface area contributed by atoms with Crippen LogP contribution in [0.1, 0.15) is 31.7 Å². The van der Waals surface area contributed by atoms with Crippen molar-refractivity contribution >= 4 is 35.4 Å².